The van der Waals surface area contributed by atoms with Crippen molar-refractivity contribution in [1.82, 2.24) is 14.9 Å². The summed E-state index contributed by atoms with van der Waals surface area (Å²) in [5.41, 5.74) is 8.03. The van der Waals surface area contributed by atoms with Crippen molar-refractivity contribution < 1.29 is 0 Å². The smallest absolute Gasteiger partial charge is 0.221 e. The van der Waals surface area contributed by atoms with Gasteiger partial charge in [-0.05, 0) is 45.6 Å². The van der Waals surface area contributed by atoms with Gasteiger partial charge in [0.15, 0.2) is 0 Å². The first-order valence-electron chi connectivity index (χ1n) is 7.04. The molecule has 0 amide bonds. The molecule has 2 aromatic rings. The summed E-state index contributed by atoms with van der Waals surface area (Å²) in [7, 11) is 4.17. The van der Waals surface area contributed by atoms with Crippen LogP contribution in [0.4, 0.5) is 5.95 Å². The Morgan fingerprint density at radius 1 is 1.14 bits per heavy atom. The van der Waals surface area contributed by atoms with Crippen molar-refractivity contribution in [1.29, 1.82) is 0 Å². The highest BCUT2D eigenvalue weighted by atomic mass is 35.5. The maximum atomic E-state index is 6.12. The molecule has 6 heteroatoms. The van der Waals surface area contributed by atoms with Crippen molar-refractivity contribution in [3.8, 4) is 11.3 Å². The van der Waals surface area contributed by atoms with Crippen LogP contribution in [0, 0.1) is 6.92 Å². The molecule has 120 valence electrons. The Balaban J connectivity index is 0.000000346. The quantitative estimate of drug-likeness (QED) is 0.846. The monoisotopic (exact) mass is 340 g/mol. The zero-order valence-corrected chi connectivity index (χ0v) is 14.9. The Morgan fingerprint density at radius 2 is 1.82 bits per heavy atom. The predicted molar refractivity (Wildman–Crippen MR) is 95.5 cm³/mol. The Morgan fingerprint density at radius 3 is 2.27 bits per heavy atom. The Labute approximate surface area is 142 Å². The molecule has 0 saturated heterocycles. The van der Waals surface area contributed by atoms with E-state index in [4.69, 9.17) is 28.9 Å². The molecule has 0 aliphatic heterocycles. The molecule has 0 unspecified atom stereocenters. The molecular weight excluding hydrogens is 319 g/mol. The number of aromatic nitrogens is 2. The first kappa shape index (κ1) is 18.7. The van der Waals surface area contributed by atoms with Crippen LogP contribution in [0.3, 0.4) is 0 Å². The lowest BCUT2D eigenvalue weighted by Crippen LogP contribution is -2.11. The largest absolute Gasteiger partial charge is 0.368 e. The number of hydrogen-bond donors (Lipinski definition) is 1. The second kappa shape index (κ2) is 8.93. The van der Waals surface area contributed by atoms with Gasteiger partial charge in [0, 0.05) is 11.6 Å². The van der Waals surface area contributed by atoms with E-state index in [1.807, 2.05) is 25.1 Å². The van der Waals surface area contributed by atoms with Gasteiger partial charge in [-0.1, -0.05) is 42.3 Å². The molecule has 1 heterocycles. The number of anilines is 1. The topological polar surface area (TPSA) is 55.0 Å². The first-order chi connectivity index (χ1) is 10.3. The summed E-state index contributed by atoms with van der Waals surface area (Å²) < 4.78 is 0. The van der Waals surface area contributed by atoms with E-state index in [9.17, 15) is 0 Å². The fraction of sp³-hybridized carbons (Fsp3) is 0.375. The number of nitrogen functional groups attached to an aromatic ring is 1. The third kappa shape index (κ3) is 6.18. The highest BCUT2D eigenvalue weighted by molar-refractivity contribution is 6.33. The van der Waals surface area contributed by atoms with E-state index in [1.165, 1.54) is 13.0 Å². The van der Waals surface area contributed by atoms with Crippen LogP contribution in [-0.2, 0) is 0 Å². The van der Waals surface area contributed by atoms with Crippen LogP contribution in [0.15, 0.2) is 24.3 Å². The van der Waals surface area contributed by atoms with Crippen molar-refractivity contribution in [2.45, 2.75) is 20.3 Å². The average Bonchev–Trinajstić information content (AvgIpc) is 2.37. The summed E-state index contributed by atoms with van der Waals surface area (Å²) in [6, 6.07) is 7.33. The van der Waals surface area contributed by atoms with Gasteiger partial charge in [0.05, 0.1) is 10.7 Å². The Bertz CT molecular complexity index is 595. The molecule has 0 aliphatic carbocycles. The molecule has 2 N–H and O–H groups in total. The molecular formula is C16H22Cl2N4. The van der Waals surface area contributed by atoms with Gasteiger partial charge >= 0.3 is 0 Å². The van der Waals surface area contributed by atoms with Gasteiger partial charge in [-0.25, -0.2) is 9.97 Å². The van der Waals surface area contributed by atoms with E-state index in [0.717, 1.165) is 11.1 Å². The predicted octanol–water partition coefficient (Wildman–Crippen LogP) is 4.30. The van der Waals surface area contributed by atoms with Gasteiger partial charge in [0.2, 0.25) is 5.95 Å². The zero-order chi connectivity index (χ0) is 16.7. The Kier molecular flexibility index (Phi) is 7.59. The number of rotatable bonds is 3. The van der Waals surface area contributed by atoms with E-state index in [0.29, 0.717) is 15.9 Å². The highest BCUT2D eigenvalue weighted by Crippen LogP contribution is 2.28. The second-order valence-corrected chi connectivity index (χ2v) is 6.02. The summed E-state index contributed by atoms with van der Waals surface area (Å²) in [5.74, 6) is 0.138. The van der Waals surface area contributed by atoms with Gasteiger partial charge in [-0.3, -0.25) is 0 Å². The van der Waals surface area contributed by atoms with E-state index in [2.05, 4.69) is 35.9 Å². The average molecular weight is 341 g/mol. The van der Waals surface area contributed by atoms with Crippen molar-refractivity contribution in [3.05, 3.63) is 40.0 Å². The number of benzene rings is 1. The van der Waals surface area contributed by atoms with Crippen molar-refractivity contribution in [2.75, 3.05) is 26.4 Å². The molecule has 0 aliphatic rings. The molecule has 2 rings (SSSR count). The fourth-order valence-electron chi connectivity index (χ4n) is 1.85. The summed E-state index contributed by atoms with van der Waals surface area (Å²) >= 11 is 11.9. The molecule has 4 nitrogen and oxygen atoms in total. The van der Waals surface area contributed by atoms with Crippen LogP contribution in [0.25, 0.3) is 11.3 Å². The molecule has 1 aromatic heterocycles. The van der Waals surface area contributed by atoms with Crippen molar-refractivity contribution >= 4 is 29.2 Å². The normalized spacial score (nSPS) is 10.3. The second-order valence-electron chi connectivity index (χ2n) is 5.22. The molecule has 0 radical (unpaired) electrons. The molecule has 0 spiro atoms. The van der Waals surface area contributed by atoms with Crippen molar-refractivity contribution in [3.63, 3.8) is 0 Å². The number of halogens is 2. The van der Waals surface area contributed by atoms with Gasteiger partial charge < -0.3 is 10.6 Å². The van der Waals surface area contributed by atoms with Crippen LogP contribution >= 0.6 is 23.2 Å². The van der Waals surface area contributed by atoms with E-state index < -0.39 is 0 Å². The molecule has 22 heavy (non-hydrogen) atoms. The van der Waals surface area contributed by atoms with Crippen LogP contribution < -0.4 is 5.73 Å². The summed E-state index contributed by atoms with van der Waals surface area (Å²) in [4.78, 5) is 10.1. The third-order valence-electron chi connectivity index (χ3n) is 2.78. The van der Waals surface area contributed by atoms with E-state index >= 15 is 0 Å². The fourth-order valence-corrected chi connectivity index (χ4v) is 2.37. The summed E-state index contributed by atoms with van der Waals surface area (Å²) in [6.07, 6.45) is 1.26. The number of aryl methyl sites for hydroxylation is 1. The molecule has 0 saturated carbocycles. The van der Waals surface area contributed by atoms with Crippen LogP contribution in [-0.4, -0.2) is 35.5 Å². The molecule has 0 atom stereocenters. The lowest BCUT2D eigenvalue weighted by molar-refractivity contribution is 0.408. The third-order valence-corrected chi connectivity index (χ3v) is 3.29. The van der Waals surface area contributed by atoms with Gasteiger partial charge in [-0.15, -0.1) is 0 Å². The highest BCUT2D eigenvalue weighted by Gasteiger charge is 2.07. The first-order valence-corrected chi connectivity index (χ1v) is 7.80. The van der Waals surface area contributed by atoms with Crippen LogP contribution in [0.5, 0.6) is 0 Å². The standard InChI is InChI=1S/C11H9Cl2N3.C5H13N/c1-6-2-3-7(8(12)4-6)9-5-10(13)16-11(14)15-9;1-4-5-6(2)3/h2-5H,1H3,(H2,14,15,16);4-5H2,1-3H3. The van der Waals surface area contributed by atoms with Crippen LogP contribution in [0.2, 0.25) is 10.2 Å². The lowest BCUT2D eigenvalue weighted by Gasteiger charge is -2.05. The zero-order valence-electron chi connectivity index (χ0n) is 13.4. The van der Waals surface area contributed by atoms with E-state index in [1.54, 1.807) is 6.07 Å². The lowest BCUT2D eigenvalue weighted by atomic mass is 10.1. The SMILES string of the molecule is CCCN(C)C.Cc1ccc(-c2cc(Cl)nc(N)n2)c(Cl)c1. The summed E-state index contributed by atoms with van der Waals surface area (Å²) in [6.45, 7) is 5.36. The summed E-state index contributed by atoms with van der Waals surface area (Å²) in [5, 5.41) is 0.924. The minimum Gasteiger partial charge on any atom is -0.368 e. The van der Waals surface area contributed by atoms with Gasteiger partial charge in [-0.2, -0.15) is 0 Å². The minimum absolute atomic E-state index is 0.138. The number of hydrogen-bond acceptors (Lipinski definition) is 4. The van der Waals surface area contributed by atoms with Crippen LogP contribution in [0.1, 0.15) is 18.9 Å². The maximum Gasteiger partial charge on any atom is 0.221 e. The molecule has 1 aromatic carbocycles. The molecule has 0 fully saturated rings. The molecule has 0 bridgehead atoms. The van der Waals surface area contributed by atoms with Gasteiger partial charge in [0.25, 0.3) is 0 Å². The number of nitrogens with zero attached hydrogens (tertiary/aromatic N) is 3. The Hall–Kier alpha value is -1.36. The van der Waals surface area contributed by atoms with E-state index in [-0.39, 0.29) is 5.95 Å². The minimum atomic E-state index is 0.138. The van der Waals surface area contributed by atoms with Gasteiger partial charge in [0.1, 0.15) is 5.15 Å². The van der Waals surface area contributed by atoms with Crippen molar-refractivity contribution in [2.24, 2.45) is 0 Å². The number of nitrogens with two attached hydrogens (primary N) is 1. The maximum absolute atomic E-state index is 6.12.